The highest BCUT2D eigenvalue weighted by atomic mass is 79.9. The first-order valence-corrected chi connectivity index (χ1v) is 5.75. The van der Waals surface area contributed by atoms with Gasteiger partial charge in [-0.05, 0) is 25.0 Å². The Morgan fingerprint density at radius 1 is 1.50 bits per heavy atom. The van der Waals surface area contributed by atoms with Gasteiger partial charge in [-0.3, -0.25) is 4.79 Å². The summed E-state index contributed by atoms with van der Waals surface area (Å²) in [5.41, 5.74) is -0.0698. The molecule has 4 nitrogen and oxygen atoms in total. The number of carbonyl (C=O) groups is 1. The van der Waals surface area contributed by atoms with E-state index in [2.05, 4.69) is 21.2 Å². The molecule has 0 unspecified atom stereocenters. The number of rotatable bonds is 2. The van der Waals surface area contributed by atoms with Gasteiger partial charge in [0.25, 0.3) is 0 Å². The molecule has 1 fully saturated rings. The van der Waals surface area contributed by atoms with E-state index >= 15 is 0 Å². The predicted molar refractivity (Wildman–Crippen MR) is 63.2 cm³/mol. The van der Waals surface area contributed by atoms with Crippen molar-refractivity contribution in [2.24, 2.45) is 0 Å². The van der Waals surface area contributed by atoms with E-state index in [-0.39, 0.29) is 11.7 Å². The Balaban J connectivity index is 2.55. The fourth-order valence-electron chi connectivity index (χ4n) is 1.69. The Labute approximate surface area is 101 Å². The van der Waals surface area contributed by atoms with Crippen molar-refractivity contribution in [2.45, 2.75) is 25.4 Å². The van der Waals surface area contributed by atoms with Crippen molar-refractivity contribution in [1.29, 1.82) is 0 Å². The molecule has 0 heterocycles. The number of hydrogen-bond acceptors (Lipinski definition) is 3. The number of halogens is 1. The summed E-state index contributed by atoms with van der Waals surface area (Å²) >= 11 is 3.32. The summed E-state index contributed by atoms with van der Waals surface area (Å²) in [7, 11) is 0. The van der Waals surface area contributed by atoms with E-state index < -0.39 is 5.60 Å². The molecule has 0 saturated heterocycles. The zero-order chi connectivity index (χ0) is 11.9. The number of phenols is 1. The Morgan fingerprint density at radius 3 is 2.62 bits per heavy atom. The van der Waals surface area contributed by atoms with E-state index in [1.807, 2.05) is 0 Å². The Kier molecular flexibility index (Phi) is 2.67. The summed E-state index contributed by atoms with van der Waals surface area (Å²) in [6, 6.07) is 3.14. The van der Waals surface area contributed by atoms with Crippen LogP contribution < -0.4 is 5.32 Å². The van der Waals surface area contributed by atoms with Crippen LogP contribution in [0.4, 0.5) is 5.69 Å². The summed E-state index contributed by atoms with van der Waals surface area (Å²) in [6.07, 6.45) is 1.28. The number of anilines is 1. The minimum Gasteiger partial charge on any atom is -0.506 e. The third-order valence-corrected chi connectivity index (χ3v) is 3.28. The fourth-order valence-corrected chi connectivity index (χ4v) is 2.39. The highest BCUT2D eigenvalue weighted by Gasteiger charge is 2.45. The second-order valence-electron chi connectivity index (χ2n) is 4.03. The maximum absolute atomic E-state index is 11.1. The summed E-state index contributed by atoms with van der Waals surface area (Å²) in [4.78, 5) is 11.1. The molecule has 1 saturated carbocycles. The van der Waals surface area contributed by atoms with Gasteiger partial charge >= 0.3 is 0 Å². The van der Waals surface area contributed by atoms with Gasteiger partial charge in [-0.25, -0.2) is 0 Å². The molecule has 0 atom stereocenters. The normalized spacial score (nSPS) is 16.9. The average Bonchev–Trinajstić information content (AvgIpc) is 2.90. The van der Waals surface area contributed by atoms with Crippen LogP contribution in [0.1, 0.15) is 25.3 Å². The first-order chi connectivity index (χ1) is 7.44. The van der Waals surface area contributed by atoms with Crippen molar-refractivity contribution < 1.29 is 15.0 Å². The Hall–Kier alpha value is -1.07. The number of aromatic hydroxyl groups is 1. The van der Waals surface area contributed by atoms with E-state index in [1.54, 1.807) is 6.07 Å². The third-order valence-electron chi connectivity index (χ3n) is 2.62. The van der Waals surface area contributed by atoms with Gasteiger partial charge in [-0.15, -0.1) is 0 Å². The van der Waals surface area contributed by atoms with Gasteiger partial charge in [0.2, 0.25) is 5.91 Å². The van der Waals surface area contributed by atoms with Crippen LogP contribution in [0, 0.1) is 0 Å². The van der Waals surface area contributed by atoms with E-state index in [0.29, 0.717) is 28.6 Å². The first-order valence-electron chi connectivity index (χ1n) is 4.96. The van der Waals surface area contributed by atoms with Gasteiger partial charge < -0.3 is 15.5 Å². The molecule has 1 amide bonds. The number of benzene rings is 1. The molecule has 2 rings (SSSR count). The van der Waals surface area contributed by atoms with Crippen LogP contribution in [0.2, 0.25) is 0 Å². The van der Waals surface area contributed by atoms with Gasteiger partial charge in [-0.1, -0.05) is 15.9 Å². The van der Waals surface area contributed by atoms with Crippen LogP contribution in [0.25, 0.3) is 0 Å². The van der Waals surface area contributed by atoms with Gasteiger partial charge in [-0.2, -0.15) is 0 Å². The molecule has 0 aliphatic heterocycles. The largest absolute Gasteiger partial charge is 0.506 e. The highest BCUT2D eigenvalue weighted by molar-refractivity contribution is 9.10. The van der Waals surface area contributed by atoms with Crippen LogP contribution >= 0.6 is 15.9 Å². The van der Waals surface area contributed by atoms with E-state index in [1.165, 1.54) is 13.0 Å². The third kappa shape index (κ3) is 1.92. The highest BCUT2D eigenvalue weighted by Crippen LogP contribution is 2.52. The predicted octanol–water partition coefficient (Wildman–Crippen LogP) is 2.09. The molecular weight excluding hydrogens is 274 g/mol. The molecule has 0 bridgehead atoms. The van der Waals surface area contributed by atoms with Crippen molar-refractivity contribution in [3.8, 4) is 5.75 Å². The minimum absolute atomic E-state index is 0.0336. The number of amides is 1. The van der Waals surface area contributed by atoms with Crippen LogP contribution in [0.15, 0.2) is 16.6 Å². The molecule has 1 aromatic carbocycles. The first kappa shape index (κ1) is 11.4. The quantitative estimate of drug-likeness (QED) is 0.729. The van der Waals surface area contributed by atoms with Crippen molar-refractivity contribution in [3.05, 3.63) is 22.2 Å². The lowest BCUT2D eigenvalue weighted by Gasteiger charge is -2.17. The fraction of sp³-hybridized carbons (Fsp3) is 0.364. The van der Waals surface area contributed by atoms with Crippen LogP contribution in [-0.2, 0) is 10.4 Å². The number of hydrogen-bond donors (Lipinski definition) is 3. The van der Waals surface area contributed by atoms with Crippen LogP contribution in [-0.4, -0.2) is 16.1 Å². The minimum atomic E-state index is -0.921. The topological polar surface area (TPSA) is 69.6 Å². The van der Waals surface area contributed by atoms with Crippen molar-refractivity contribution in [3.63, 3.8) is 0 Å². The molecule has 3 N–H and O–H groups in total. The maximum atomic E-state index is 11.1. The molecule has 0 spiro atoms. The number of aliphatic hydroxyl groups is 1. The second-order valence-corrected chi connectivity index (χ2v) is 4.88. The molecule has 1 aromatic rings. The lowest BCUT2D eigenvalue weighted by Crippen LogP contribution is -2.14. The molecule has 1 aliphatic rings. The summed E-state index contributed by atoms with van der Waals surface area (Å²) in [5, 5.41) is 22.4. The summed E-state index contributed by atoms with van der Waals surface area (Å²) in [6.45, 7) is 1.36. The molecule has 0 radical (unpaired) electrons. The zero-order valence-corrected chi connectivity index (χ0v) is 10.3. The van der Waals surface area contributed by atoms with E-state index in [4.69, 9.17) is 0 Å². The molecule has 16 heavy (non-hydrogen) atoms. The molecular formula is C11H12BrNO3. The number of phenolic OH excluding ortho intramolecular Hbond substituents is 1. The lowest BCUT2D eigenvalue weighted by atomic mass is 10.0. The van der Waals surface area contributed by atoms with Gasteiger partial charge in [0, 0.05) is 17.0 Å². The van der Waals surface area contributed by atoms with Gasteiger partial charge in [0.1, 0.15) is 5.75 Å². The van der Waals surface area contributed by atoms with Crippen molar-refractivity contribution in [2.75, 3.05) is 5.32 Å². The summed E-state index contributed by atoms with van der Waals surface area (Å²) < 4.78 is 0.689. The number of carbonyl (C=O) groups excluding carboxylic acids is 1. The monoisotopic (exact) mass is 285 g/mol. The standard InChI is InChI=1S/C11H12BrNO3/c1-6(14)13-10-8(15)3-2-7(12)9(10)11(16)4-5-11/h2-3,15-16H,4-5H2,1H3,(H,13,14). The van der Waals surface area contributed by atoms with Crippen LogP contribution in [0.3, 0.4) is 0 Å². The Morgan fingerprint density at radius 2 is 2.12 bits per heavy atom. The SMILES string of the molecule is CC(=O)Nc1c(O)ccc(Br)c1C1(O)CC1. The van der Waals surface area contributed by atoms with Gasteiger partial charge in [0.15, 0.2) is 0 Å². The maximum Gasteiger partial charge on any atom is 0.221 e. The summed E-state index contributed by atoms with van der Waals surface area (Å²) in [5.74, 6) is -0.312. The zero-order valence-electron chi connectivity index (χ0n) is 8.75. The van der Waals surface area contributed by atoms with Crippen molar-refractivity contribution in [1.82, 2.24) is 0 Å². The average molecular weight is 286 g/mol. The molecule has 5 heteroatoms. The van der Waals surface area contributed by atoms with E-state index in [9.17, 15) is 15.0 Å². The van der Waals surface area contributed by atoms with Gasteiger partial charge in [0.05, 0.1) is 11.3 Å². The Bertz CT molecular complexity index is 455. The second kappa shape index (κ2) is 3.75. The number of nitrogens with one attached hydrogen (secondary N) is 1. The van der Waals surface area contributed by atoms with Crippen molar-refractivity contribution >= 4 is 27.5 Å². The smallest absolute Gasteiger partial charge is 0.221 e. The lowest BCUT2D eigenvalue weighted by molar-refractivity contribution is -0.114. The molecule has 0 aromatic heterocycles. The van der Waals surface area contributed by atoms with E-state index in [0.717, 1.165) is 0 Å². The van der Waals surface area contributed by atoms with Crippen LogP contribution in [0.5, 0.6) is 5.75 Å². The molecule has 1 aliphatic carbocycles. The molecule has 86 valence electrons.